The first-order valence-electron chi connectivity index (χ1n) is 7.76. The van der Waals surface area contributed by atoms with Gasteiger partial charge >= 0.3 is 0 Å². The zero-order chi connectivity index (χ0) is 14.8. The molecule has 21 heavy (non-hydrogen) atoms. The lowest BCUT2D eigenvalue weighted by Gasteiger charge is -2.14. The summed E-state index contributed by atoms with van der Waals surface area (Å²) in [5.74, 6) is 0.230. The first-order valence-corrected chi connectivity index (χ1v) is 7.76. The highest BCUT2D eigenvalue weighted by molar-refractivity contribution is 5.85. The molecule has 1 N–H and O–H groups in total. The molecule has 5 heteroatoms. The first kappa shape index (κ1) is 14.3. The van der Waals surface area contributed by atoms with E-state index >= 15 is 0 Å². The number of hydrogen-bond donors (Lipinski definition) is 1. The third kappa shape index (κ3) is 3.35. The number of carbonyl (C=O) groups is 1. The molecule has 0 bridgehead atoms. The summed E-state index contributed by atoms with van der Waals surface area (Å²) in [4.78, 5) is 11.5. The van der Waals surface area contributed by atoms with E-state index < -0.39 is 0 Å². The van der Waals surface area contributed by atoms with E-state index in [1.54, 1.807) is 6.21 Å². The Hall–Kier alpha value is -1.62. The van der Waals surface area contributed by atoms with Crippen LogP contribution < -0.4 is 5.43 Å². The maximum absolute atomic E-state index is 11.5. The molecular weight excluding hydrogens is 266 g/mol. The van der Waals surface area contributed by atoms with Gasteiger partial charge in [-0.1, -0.05) is 0 Å². The number of nitrogens with zero attached hydrogens (tertiary/aromatic N) is 2. The Balaban J connectivity index is 1.64. The van der Waals surface area contributed by atoms with Crippen LogP contribution in [0.4, 0.5) is 0 Å². The predicted octanol–water partition coefficient (Wildman–Crippen LogP) is 2.14. The fourth-order valence-corrected chi connectivity index (χ4v) is 2.83. The van der Waals surface area contributed by atoms with Crippen molar-refractivity contribution in [2.75, 3.05) is 6.61 Å². The molecule has 3 rings (SSSR count). The normalized spacial score (nSPS) is 22.1. The number of rotatable bonds is 5. The Morgan fingerprint density at radius 2 is 2.29 bits per heavy atom. The SMILES string of the molecule is Cc1cc(/C=N\NC(=O)C2CC2)c(C)n1C[C@@H]1CCCO1. The third-order valence-electron chi connectivity index (χ3n) is 4.35. The van der Waals surface area contributed by atoms with Crippen molar-refractivity contribution in [1.82, 2.24) is 9.99 Å². The van der Waals surface area contributed by atoms with E-state index in [1.165, 1.54) is 11.4 Å². The van der Waals surface area contributed by atoms with Crippen molar-refractivity contribution in [2.24, 2.45) is 11.0 Å². The molecule has 0 unspecified atom stereocenters. The van der Waals surface area contributed by atoms with E-state index in [1.807, 2.05) is 0 Å². The van der Waals surface area contributed by atoms with Gasteiger partial charge < -0.3 is 9.30 Å². The van der Waals surface area contributed by atoms with Crippen LogP contribution >= 0.6 is 0 Å². The number of hydrazone groups is 1. The smallest absolute Gasteiger partial charge is 0.243 e. The molecule has 1 atom stereocenters. The average Bonchev–Trinajstić information content (AvgIpc) is 3.14. The quantitative estimate of drug-likeness (QED) is 0.667. The molecule has 1 aromatic rings. The molecule has 1 saturated heterocycles. The van der Waals surface area contributed by atoms with E-state index in [0.29, 0.717) is 6.10 Å². The summed E-state index contributed by atoms with van der Waals surface area (Å²) >= 11 is 0. The highest BCUT2D eigenvalue weighted by Gasteiger charge is 2.29. The van der Waals surface area contributed by atoms with Gasteiger partial charge in [-0.05, 0) is 45.6 Å². The van der Waals surface area contributed by atoms with Gasteiger partial charge in [-0.2, -0.15) is 5.10 Å². The molecule has 1 saturated carbocycles. The number of ether oxygens (including phenoxy) is 1. The molecule has 0 radical (unpaired) electrons. The van der Waals surface area contributed by atoms with Crippen LogP contribution in [-0.4, -0.2) is 29.4 Å². The summed E-state index contributed by atoms with van der Waals surface area (Å²) in [5.41, 5.74) is 6.06. The minimum absolute atomic E-state index is 0.0411. The van der Waals surface area contributed by atoms with Gasteiger partial charge in [-0.15, -0.1) is 0 Å². The predicted molar refractivity (Wildman–Crippen MR) is 81.3 cm³/mol. The molecule has 1 aliphatic heterocycles. The third-order valence-corrected chi connectivity index (χ3v) is 4.35. The van der Waals surface area contributed by atoms with Crippen LogP contribution in [0.3, 0.4) is 0 Å². The Kier molecular flexibility index (Phi) is 4.10. The Bertz CT molecular complexity index is 552. The van der Waals surface area contributed by atoms with Crippen molar-refractivity contribution in [3.8, 4) is 0 Å². The van der Waals surface area contributed by atoms with Crippen LogP contribution in [0, 0.1) is 19.8 Å². The minimum atomic E-state index is 0.0411. The molecule has 2 heterocycles. The van der Waals surface area contributed by atoms with Gasteiger partial charge in [0.1, 0.15) is 0 Å². The number of carbonyl (C=O) groups excluding carboxylic acids is 1. The van der Waals surface area contributed by atoms with Crippen LogP contribution in [-0.2, 0) is 16.1 Å². The highest BCUT2D eigenvalue weighted by Crippen LogP contribution is 2.28. The molecule has 1 aliphatic carbocycles. The van der Waals surface area contributed by atoms with Gasteiger partial charge in [0.2, 0.25) is 5.91 Å². The van der Waals surface area contributed by atoms with E-state index in [-0.39, 0.29) is 11.8 Å². The molecule has 1 amide bonds. The number of amides is 1. The van der Waals surface area contributed by atoms with Gasteiger partial charge in [0.25, 0.3) is 0 Å². The molecule has 2 fully saturated rings. The topological polar surface area (TPSA) is 55.6 Å². The molecule has 0 spiro atoms. The van der Waals surface area contributed by atoms with Gasteiger partial charge in [0, 0.05) is 36.0 Å². The molecule has 1 aromatic heterocycles. The molecule has 5 nitrogen and oxygen atoms in total. The summed E-state index contributed by atoms with van der Waals surface area (Å²) in [7, 11) is 0. The fraction of sp³-hybridized carbons (Fsp3) is 0.625. The van der Waals surface area contributed by atoms with E-state index in [9.17, 15) is 4.79 Å². The highest BCUT2D eigenvalue weighted by atomic mass is 16.5. The molecule has 0 aromatic carbocycles. The maximum Gasteiger partial charge on any atom is 0.243 e. The van der Waals surface area contributed by atoms with Crippen LogP contribution in [0.2, 0.25) is 0 Å². The van der Waals surface area contributed by atoms with Gasteiger partial charge in [-0.25, -0.2) is 5.43 Å². The summed E-state index contributed by atoms with van der Waals surface area (Å²) < 4.78 is 7.99. The molecular formula is C16H23N3O2. The van der Waals surface area contributed by atoms with Crippen molar-refractivity contribution in [3.63, 3.8) is 0 Å². The lowest BCUT2D eigenvalue weighted by molar-refractivity contribution is -0.122. The van der Waals surface area contributed by atoms with Crippen molar-refractivity contribution in [2.45, 2.75) is 52.2 Å². The second-order valence-electron chi connectivity index (χ2n) is 6.08. The number of aromatic nitrogens is 1. The van der Waals surface area contributed by atoms with Crippen molar-refractivity contribution < 1.29 is 9.53 Å². The van der Waals surface area contributed by atoms with Gasteiger partial charge in [-0.3, -0.25) is 4.79 Å². The maximum atomic E-state index is 11.5. The second kappa shape index (κ2) is 6.02. The zero-order valence-electron chi connectivity index (χ0n) is 12.8. The largest absolute Gasteiger partial charge is 0.376 e. The molecule has 2 aliphatic rings. The average molecular weight is 289 g/mol. The Morgan fingerprint density at radius 3 is 2.95 bits per heavy atom. The fourth-order valence-electron chi connectivity index (χ4n) is 2.83. The first-order chi connectivity index (χ1) is 10.1. The Labute approximate surface area is 125 Å². The summed E-state index contributed by atoms with van der Waals surface area (Å²) in [6.07, 6.45) is 6.36. The minimum Gasteiger partial charge on any atom is -0.376 e. The number of aryl methyl sites for hydroxylation is 1. The zero-order valence-corrected chi connectivity index (χ0v) is 12.8. The van der Waals surface area contributed by atoms with Crippen molar-refractivity contribution >= 4 is 12.1 Å². The monoisotopic (exact) mass is 289 g/mol. The number of hydrogen-bond acceptors (Lipinski definition) is 3. The van der Waals surface area contributed by atoms with E-state index in [2.05, 4.69) is 35.0 Å². The van der Waals surface area contributed by atoms with Crippen LogP contribution in [0.15, 0.2) is 11.2 Å². The van der Waals surface area contributed by atoms with E-state index in [4.69, 9.17) is 4.74 Å². The van der Waals surface area contributed by atoms with Gasteiger partial charge in [0.05, 0.1) is 12.3 Å². The Morgan fingerprint density at radius 1 is 1.48 bits per heavy atom. The summed E-state index contributed by atoms with van der Waals surface area (Å²) in [6.45, 7) is 5.97. The van der Waals surface area contributed by atoms with E-state index in [0.717, 1.165) is 44.4 Å². The summed E-state index contributed by atoms with van der Waals surface area (Å²) in [5, 5.41) is 4.08. The second-order valence-corrected chi connectivity index (χ2v) is 6.08. The lowest BCUT2D eigenvalue weighted by Crippen LogP contribution is -2.19. The van der Waals surface area contributed by atoms with Gasteiger partial charge in [0.15, 0.2) is 0 Å². The van der Waals surface area contributed by atoms with Crippen LogP contribution in [0.25, 0.3) is 0 Å². The van der Waals surface area contributed by atoms with Crippen molar-refractivity contribution in [1.29, 1.82) is 0 Å². The standard InChI is InChI=1S/C16H23N3O2/c1-11-8-14(9-17-18-16(20)13-5-6-13)12(2)19(11)10-15-4-3-7-21-15/h8-9,13,15H,3-7,10H2,1-2H3,(H,18,20)/b17-9-/t15-/m0/s1. The molecule has 114 valence electrons. The van der Waals surface area contributed by atoms with Crippen LogP contribution in [0.1, 0.15) is 42.6 Å². The van der Waals surface area contributed by atoms with Crippen molar-refractivity contribution in [3.05, 3.63) is 23.0 Å². The summed E-state index contributed by atoms with van der Waals surface area (Å²) in [6, 6.07) is 2.11. The lowest BCUT2D eigenvalue weighted by atomic mass is 10.2. The number of nitrogens with one attached hydrogen (secondary N) is 1. The van der Waals surface area contributed by atoms with Crippen LogP contribution in [0.5, 0.6) is 0 Å².